The highest BCUT2D eigenvalue weighted by Gasteiger charge is 2.18. The summed E-state index contributed by atoms with van der Waals surface area (Å²) in [6, 6.07) is 26.5. The van der Waals surface area contributed by atoms with Crippen molar-refractivity contribution >= 4 is 49.7 Å². The van der Waals surface area contributed by atoms with Crippen LogP contribution in [0.3, 0.4) is 0 Å². The Balaban J connectivity index is 1.27. The molecule has 0 aliphatic heterocycles. The molecule has 2 aromatic heterocycles. The predicted molar refractivity (Wildman–Crippen MR) is 159 cm³/mol. The lowest BCUT2D eigenvalue weighted by Crippen LogP contribution is -2.13. The van der Waals surface area contributed by atoms with Gasteiger partial charge >= 0.3 is 0 Å². The lowest BCUT2D eigenvalue weighted by atomic mass is 10.0. The molecular weight excluding hydrogens is 522 g/mol. The summed E-state index contributed by atoms with van der Waals surface area (Å²) in [5, 5.41) is 12.3. The molecule has 0 saturated carbocycles. The molecule has 40 heavy (non-hydrogen) atoms. The van der Waals surface area contributed by atoms with Gasteiger partial charge in [0, 0.05) is 49.8 Å². The van der Waals surface area contributed by atoms with Crippen LogP contribution in [0.2, 0.25) is 0 Å². The minimum absolute atomic E-state index is 0.0882. The number of carbonyl (C=O) groups is 2. The molecule has 0 spiro atoms. The Morgan fingerprint density at radius 3 is 2.50 bits per heavy atom. The molecule has 7 nitrogen and oxygen atoms in total. The Kier molecular flexibility index (Phi) is 6.76. The lowest BCUT2D eigenvalue weighted by molar-refractivity contribution is 0.0987. The van der Waals surface area contributed by atoms with E-state index in [0.717, 1.165) is 26.7 Å². The Morgan fingerprint density at radius 1 is 0.875 bits per heavy atom. The number of anilines is 1. The summed E-state index contributed by atoms with van der Waals surface area (Å²) in [6.45, 7) is 0. The summed E-state index contributed by atoms with van der Waals surface area (Å²) in [6.07, 6.45) is 1.85. The number of hydrogen-bond acceptors (Lipinski definition) is 6. The fourth-order valence-electron chi connectivity index (χ4n) is 4.81. The highest BCUT2D eigenvalue weighted by molar-refractivity contribution is 7.22. The first-order chi connectivity index (χ1) is 19.5. The van der Waals surface area contributed by atoms with Crippen molar-refractivity contribution in [2.75, 3.05) is 19.5 Å². The summed E-state index contributed by atoms with van der Waals surface area (Å²) in [5.41, 5.74) is 4.09. The number of hydrogen-bond donors (Lipinski definition) is 2. The highest BCUT2D eigenvalue weighted by atomic mass is 32.1. The number of nitrogens with one attached hydrogen (secondary N) is 2. The first-order valence-electron chi connectivity index (χ1n) is 12.6. The molecule has 0 unspecified atom stereocenters. The third-order valence-electron chi connectivity index (χ3n) is 6.81. The molecule has 0 aliphatic carbocycles. The zero-order valence-corrected chi connectivity index (χ0v) is 22.7. The fraction of sp³-hybridized carbons (Fsp3) is 0.0938. The van der Waals surface area contributed by atoms with Crippen LogP contribution in [0.25, 0.3) is 31.4 Å². The van der Waals surface area contributed by atoms with Crippen LogP contribution in [0.15, 0.2) is 91.1 Å². The van der Waals surface area contributed by atoms with E-state index in [1.807, 2.05) is 30.3 Å². The van der Waals surface area contributed by atoms with E-state index in [0.29, 0.717) is 33.9 Å². The number of fused-ring (bicyclic) bond motifs is 2. The van der Waals surface area contributed by atoms with Gasteiger partial charge in [0.25, 0.3) is 5.91 Å². The van der Waals surface area contributed by atoms with Crippen LogP contribution in [-0.4, -0.2) is 36.1 Å². The first-order valence-corrected chi connectivity index (χ1v) is 13.5. The smallest absolute Gasteiger partial charge is 0.255 e. The Bertz CT molecular complexity index is 1860. The SMILES string of the molecule is COc1cc(NC(=O)c2cc(-c3cc4ccccc4s3)c3[nH]ncc3c2)ccc1CC(=O)c1ccccc1OC. The van der Waals surface area contributed by atoms with Gasteiger partial charge in [-0.1, -0.05) is 36.4 Å². The number of H-pyrrole nitrogens is 1. The van der Waals surface area contributed by atoms with Gasteiger partial charge in [0.2, 0.25) is 0 Å². The van der Waals surface area contributed by atoms with Crippen LogP contribution in [0, 0.1) is 0 Å². The van der Waals surface area contributed by atoms with Crippen molar-refractivity contribution in [2.24, 2.45) is 0 Å². The Hall–Kier alpha value is -4.95. The number of benzene rings is 4. The minimum Gasteiger partial charge on any atom is -0.496 e. The molecule has 8 heteroatoms. The van der Waals surface area contributed by atoms with Crippen LogP contribution in [-0.2, 0) is 6.42 Å². The van der Waals surface area contributed by atoms with Crippen LogP contribution < -0.4 is 14.8 Å². The van der Waals surface area contributed by atoms with Gasteiger partial charge in [-0.3, -0.25) is 14.7 Å². The maximum atomic E-state index is 13.4. The zero-order chi connectivity index (χ0) is 27.6. The van der Waals surface area contributed by atoms with E-state index in [1.165, 1.54) is 4.70 Å². The van der Waals surface area contributed by atoms with Crippen molar-refractivity contribution in [2.45, 2.75) is 6.42 Å². The Morgan fingerprint density at radius 2 is 1.68 bits per heavy atom. The van der Waals surface area contributed by atoms with E-state index < -0.39 is 0 Å². The van der Waals surface area contributed by atoms with Gasteiger partial charge in [-0.25, -0.2) is 0 Å². The van der Waals surface area contributed by atoms with Crippen LogP contribution in [0.5, 0.6) is 11.5 Å². The van der Waals surface area contributed by atoms with E-state index in [4.69, 9.17) is 9.47 Å². The molecule has 0 atom stereocenters. The lowest BCUT2D eigenvalue weighted by Gasteiger charge is -2.13. The normalized spacial score (nSPS) is 11.1. The molecule has 6 aromatic rings. The molecular formula is C32H25N3O4S. The number of carbonyl (C=O) groups excluding carboxylic acids is 2. The average molecular weight is 548 g/mol. The third-order valence-corrected chi connectivity index (χ3v) is 7.95. The molecule has 0 aliphatic rings. The van der Waals surface area contributed by atoms with Crippen molar-refractivity contribution in [3.05, 3.63) is 108 Å². The molecule has 0 fully saturated rings. The van der Waals surface area contributed by atoms with Gasteiger partial charge in [0.1, 0.15) is 11.5 Å². The van der Waals surface area contributed by atoms with Gasteiger partial charge in [-0.05, 0) is 47.9 Å². The van der Waals surface area contributed by atoms with Crippen LogP contribution in [0.4, 0.5) is 5.69 Å². The number of para-hydroxylation sites is 1. The molecule has 4 aromatic carbocycles. The second kappa shape index (κ2) is 10.7. The van der Waals surface area contributed by atoms with Crippen molar-refractivity contribution in [3.8, 4) is 21.9 Å². The first kappa shape index (κ1) is 25.3. The number of ether oxygens (including phenoxy) is 2. The number of ketones is 1. The van der Waals surface area contributed by atoms with E-state index in [1.54, 1.807) is 68.2 Å². The molecule has 198 valence electrons. The number of rotatable bonds is 8. The van der Waals surface area contributed by atoms with Gasteiger partial charge in [0.05, 0.1) is 31.5 Å². The van der Waals surface area contributed by atoms with Gasteiger partial charge in [0.15, 0.2) is 5.78 Å². The fourth-order valence-corrected chi connectivity index (χ4v) is 5.90. The number of Topliss-reactive ketones (excluding diaryl/α,β-unsaturated/α-hetero) is 1. The maximum Gasteiger partial charge on any atom is 0.255 e. The van der Waals surface area contributed by atoms with Crippen molar-refractivity contribution in [1.82, 2.24) is 10.2 Å². The molecule has 2 N–H and O–H groups in total. The van der Waals surface area contributed by atoms with E-state index in [-0.39, 0.29) is 18.1 Å². The summed E-state index contributed by atoms with van der Waals surface area (Å²) in [5.74, 6) is 0.692. The van der Waals surface area contributed by atoms with E-state index in [9.17, 15) is 9.59 Å². The highest BCUT2D eigenvalue weighted by Crippen LogP contribution is 2.37. The van der Waals surface area contributed by atoms with Crippen molar-refractivity contribution < 1.29 is 19.1 Å². The van der Waals surface area contributed by atoms with Gasteiger partial charge < -0.3 is 14.8 Å². The van der Waals surface area contributed by atoms with Gasteiger partial charge in [-0.15, -0.1) is 11.3 Å². The summed E-state index contributed by atoms with van der Waals surface area (Å²) >= 11 is 1.67. The molecule has 0 saturated heterocycles. The van der Waals surface area contributed by atoms with Gasteiger partial charge in [-0.2, -0.15) is 5.10 Å². The number of aromatic nitrogens is 2. The van der Waals surface area contributed by atoms with Crippen LogP contribution in [0.1, 0.15) is 26.3 Å². The molecule has 0 radical (unpaired) electrons. The molecule has 0 bridgehead atoms. The number of amides is 1. The summed E-state index contributed by atoms with van der Waals surface area (Å²) < 4.78 is 12.1. The van der Waals surface area contributed by atoms with E-state index >= 15 is 0 Å². The van der Waals surface area contributed by atoms with Crippen molar-refractivity contribution in [1.29, 1.82) is 0 Å². The molecule has 2 heterocycles. The second-order valence-corrected chi connectivity index (χ2v) is 10.4. The zero-order valence-electron chi connectivity index (χ0n) is 21.9. The Labute approximate surface area is 234 Å². The summed E-state index contributed by atoms with van der Waals surface area (Å²) in [7, 11) is 3.09. The average Bonchev–Trinajstić information content (AvgIpc) is 3.64. The number of methoxy groups -OCH3 is 2. The maximum absolute atomic E-state index is 13.4. The second-order valence-electron chi connectivity index (χ2n) is 9.29. The minimum atomic E-state index is -0.259. The molecule has 6 rings (SSSR count). The topological polar surface area (TPSA) is 93.3 Å². The number of thiophene rings is 1. The van der Waals surface area contributed by atoms with Crippen LogP contribution >= 0.6 is 11.3 Å². The monoisotopic (exact) mass is 547 g/mol. The summed E-state index contributed by atoms with van der Waals surface area (Å²) in [4.78, 5) is 27.4. The standard InChI is InChI=1S/C32H25N3O4S/c1-38-27-9-5-4-8-24(27)26(36)15-19-11-12-23(17-28(19)39-2)34-32(37)21-13-22-18-33-35-31(22)25(14-21)30-16-20-7-3-6-10-29(20)40-30/h3-14,16-18H,15H2,1-2H3,(H,33,35)(H,34,37). The molecule has 1 amide bonds. The predicted octanol–water partition coefficient (Wildman–Crippen LogP) is 7.14. The van der Waals surface area contributed by atoms with E-state index in [2.05, 4.69) is 33.7 Å². The largest absolute Gasteiger partial charge is 0.496 e. The number of nitrogens with zero attached hydrogens (tertiary/aromatic N) is 1. The van der Waals surface area contributed by atoms with Crippen molar-refractivity contribution in [3.63, 3.8) is 0 Å². The quantitative estimate of drug-likeness (QED) is 0.198. The third kappa shape index (κ3) is 4.81. The number of aromatic amines is 1.